The van der Waals surface area contributed by atoms with E-state index in [0.29, 0.717) is 11.5 Å². The van der Waals surface area contributed by atoms with E-state index in [1.807, 2.05) is 60.7 Å². The van der Waals surface area contributed by atoms with Gasteiger partial charge in [0.05, 0.1) is 5.70 Å². The van der Waals surface area contributed by atoms with Crippen LogP contribution in [0.15, 0.2) is 60.7 Å². The number of carboxylic acids is 1. The predicted molar refractivity (Wildman–Crippen MR) is 80.1 cm³/mol. The van der Waals surface area contributed by atoms with Crippen LogP contribution in [0.25, 0.3) is 11.5 Å². The summed E-state index contributed by atoms with van der Waals surface area (Å²) in [5.74, 6) is -2.02. The van der Waals surface area contributed by atoms with E-state index >= 15 is 0 Å². The molecule has 2 aromatic carbocycles. The van der Waals surface area contributed by atoms with Crippen molar-refractivity contribution in [2.45, 2.75) is 0 Å². The largest absolute Gasteiger partial charge is 0.474 e. The third-order valence-electron chi connectivity index (χ3n) is 3.33. The van der Waals surface area contributed by atoms with E-state index in [0.717, 1.165) is 16.0 Å². The summed E-state index contributed by atoms with van der Waals surface area (Å²) in [4.78, 5) is 24.1. The SMILES string of the molecule is O=C(O)C(=O)N1COC(c2ccccc2)=C1c1ccccc1. The summed E-state index contributed by atoms with van der Waals surface area (Å²) in [7, 11) is 0. The van der Waals surface area contributed by atoms with Gasteiger partial charge in [0.15, 0.2) is 12.5 Å². The van der Waals surface area contributed by atoms with Crippen LogP contribution in [-0.2, 0) is 14.3 Å². The van der Waals surface area contributed by atoms with Crippen LogP contribution in [-0.4, -0.2) is 28.6 Å². The Hall–Kier alpha value is -3.08. The van der Waals surface area contributed by atoms with Crippen molar-refractivity contribution in [3.05, 3.63) is 71.8 Å². The Bertz CT molecular complexity index is 738. The first-order chi connectivity index (χ1) is 10.7. The van der Waals surface area contributed by atoms with Gasteiger partial charge in [-0.25, -0.2) is 4.79 Å². The van der Waals surface area contributed by atoms with E-state index in [2.05, 4.69) is 0 Å². The lowest BCUT2D eigenvalue weighted by molar-refractivity contribution is -0.154. The number of hydrogen-bond donors (Lipinski definition) is 1. The molecule has 0 bridgehead atoms. The van der Waals surface area contributed by atoms with Gasteiger partial charge in [0, 0.05) is 11.1 Å². The zero-order valence-electron chi connectivity index (χ0n) is 11.6. The molecule has 5 heteroatoms. The zero-order valence-corrected chi connectivity index (χ0v) is 11.6. The minimum atomic E-state index is -1.51. The Morgan fingerprint density at radius 1 is 0.909 bits per heavy atom. The number of carbonyl (C=O) groups excluding carboxylic acids is 1. The van der Waals surface area contributed by atoms with Crippen molar-refractivity contribution in [2.75, 3.05) is 6.73 Å². The third-order valence-corrected chi connectivity index (χ3v) is 3.33. The number of hydrogen-bond acceptors (Lipinski definition) is 3. The molecule has 0 aromatic heterocycles. The maximum Gasteiger partial charge on any atom is 0.395 e. The van der Waals surface area contributed by atoms with Crippen LogP contribution in [0.1, 0.15) is 11.1 Å². The molecule has 0 aliphatic carbocycles. The van der Waals surface area contributed by atoms with Crippen molar-refractivity contribution in [2.24, 2.45) is 0 Å². The number of aliphatic carboxylic acids is 1. The fourth-order valence-electron chi connectivity index (χ4n) is 2.35. The number of carbonyl (C=O) groups is 2. The molecule has 1 aliphatic rings. The van der Waals surface area contributed by atoms with Crippen molar-refractivity contribution in [3.8, 4) is 0 Å². The maximum atomic E-state index is 11.9. The Labute approximate surface area is 127 Å². The van der Waals surface area contributed by atoms with Crippen LogP contribution in [0, 0.1) is 0 Å². The van der Waals surface area contributed by atoms with Crippen LogP contribution in [0.4, 0.5) is 0 Å². The van der Waals surface area contributed by atoms with E-state index in [-0.39, 0.29) is 6.73 Å². The van der Waals surface area contributed by atoms with Crippen molar-refractivity contribution >= 4 is 23.3 Å². The number of carboxylic acid groups (broad SMARTS) is 1. The maximum absolute atomic E-state index is 11.9. The Balaban J connectivity index is 2.15. The lowest BCUT2D eigenvalue weighted by atomic mass is 10.1. The molecule has 0 saturated heterocycles. The van der Waals surface area contributed by atoms with Gasteiger partial charge in [-0.1, -0.05) is 60.7 Å². The van der Waals surface area contributed by atoms with Crippen LogP contribution in [0.3, 0.4) is 0 Å². The highest BCUT2D eigenvalue weighted by Gasteiger charge is 2.34. The summed E-state index contributed by atoms with van der Waals surface area (Å²) in [6.07, 6.45) is 0. The van der Waals surface area contributed by atoms with E-state index < -0.39 is 11.9 Å². The van der Waals surface area contributed by atoms with Gasteiger partial charge >= 0.3 is 11.9 Å². The van der Waals surface area contributed by atoms with Crippen LogP contribution in [0.2, 0.25) is 0 Å². The number of ether oxygens (including phenoxy) is 1. The van der Waals surface area contributed by atoms with Crippen LogP contribution in [0.5, 0.6) is 0 Å². The topological polar surface area (TPSA) is 66.8 Å². The highest BCUT2D eigenvalue weighted by molar-refractivity contribution is 6.33. The van der Waals surface area contributed by atoms with Gasteiger partial charge in [0.25, 0.3) is 0 Å². The van der Waals surface area contributed by atoms with E-state index in [4.69, 9.17) is 9.84 Å². The van der Waals surface area contributed by atoms with Crippen LogP contribution >= 0.6 is 0 Å². The molecule has 0 atom stereocenters. The summed E-state index contributed by atoms with van der Waals surface area (Å²) in [5, 5.41) is 8.99. The van der Waals surface area contributed by atoms with Gasteiger partial charge < -0.3 is 9.84 Å². The zero-order chi connectivity index (χ0) is 15.5. The average molecular weight is 295 g/mol. The summed E-state index contributed by atoms with van der Waals surface area (Å²) in [5.41, 5.74) is 2.00. The van der Waals surface area contributed by atoms with Crippen molar-refractivity contribution in [1.82, 2.24) is 4.90 Å². The molecule has 1 heterocycles. The normalized spacial score (nSPS) is 13.9. The number of rotatable bonds is 2. The Kier molecular flexibility index (Phi) is 3.62. The first kappa shape index (κ1) is 13.9. The molecule has 0 fully saturated rings. The molecule has 1 N–H and O–H groups in total. The molecular weight excluding hydrogens is 282 g/mol. The number of benzene rings is 2. The second-order valence-corrected chi connectivity index (χ2v) is 4.72. The first-order valence-electron chi connectivity index (χ1n) is 6.71. The van der Waals surface area contributed by atoms with E-state index in [9.17, 15) is 9.59 Å². The highest BCUT2D eigenvalue weighted by Crippen LogP contribution is 2.35. The fourth-order valence-corrected chi connectivity index (χ4v) is 2.35. The van der Waals surface area contributed by atoms with Gasteiger partial charge in [-0.15, -0.1) is 0 Å². The molecule has 1 amide bonds. The third kappa shape index (κ3) is 2.44. The molecule has 0 saturated carbocycles. The second kappa shape index (κ2) is 5.73. The standard InChI is InChI=1S/C17H13NO4/c19-16(17(20)21)18-11-22-15(13-9-5-2-6-10-13)14(18)12-7-3-1-4-8-12/h1-10H,11H2,(H,20,21). The van der Waals surface area contributed by atoms with Gasteiger partial charge in [0.2, 0.25) is 0 Å². The monoisotopic (exact) mass is 295 g/mol. The second-order valence-electron chi connectivity index (χ2n) is 4.72. The minimum Gasteiger partial charge on any atom is -0.474 e. The first-order valence-corrected chi connectivity index (χ1v) is 6.71. The quantitative estimate of drug-likeness (QED) is 0.864. The van der Waals surface area contributed by atoms with Gasteiger partial charge in [-0.05, 0) is 0 Å². The lowest BCUT2D eigenvalue weighted by Gasteiger charge is -2.15. The summed E-state index contributed by atoms with van der Waals surface area (Å²) < 4.78 is 5.61. The molecular formula is C17H13NO4. The fraction of sp³-hybridized carbons (Fsp3) is 0.0588. The Morgan fingerprint density at radius 3 is 2.00 bits per heavy atom. The minimum absolute atomic E-state index is 0.112. The predicted octanol–water partition coefficient (Wildman–Crippen LogP) is 2.41. The van der Waals surface area contributed by atoms with Gasteiger partial charge in [0.1, 0.15) is 0 Å². The summed E-state index contributed by atoms with van der Waals surface area (Å²) >= 11 is 0. The molecule has 1 aliphatic heterocycles. The van der Waals surface area contributed by atoms with Crippen molar-refractivity contribution < 1.29 is 19.4 Å². The highest BCUT2D eigenvalue weighted by atomic mass is 16.5. The smallest absolute Gasteiger partial charge is 0.395 e. The van der Waals surface area contributed by atoms with Crippen molar-refractivity contribution in [3.63, 3.8) is 0 Å². The van der Waals surface area contributed by atoms with E-state index in [1.165, 1.54) is 0 Å². The lowest BCUT2D eigenvalue weighted by Crippen LogP contribution is -2.33. The summed E-state index contributed by atoms with van der Waals surface area (Å²) in [6, 6.07) is 18.4. The van der Waals surface area contributed by atoms with Gasteiger partial charge in [-0.2, -0.15) is 0 Å². The molecule has 5 nitrogen and oxygen atoms in total. The van der Waals surface area contributed by atoms with Crippen LogP contribution < -0.4 is 0 Å². The molecule has 110 valence electrons. The van der Waals surface area contributed by atoms with Crippen molar-refractivity contribution in [1.29, 1.82) is 0 Å². The average Bonchev–Trinajstić information content (AvgIpc) is 3.00. The van der Waals surface area contributed by atoms with Gasteiger partial charge in [-0.3, -0.25) is 9.69 Å². The molecule has 0 unspecified atom stereocenters. The number of amides is 1. The summed E-state index contributed by atoms with van der Waals surface area (Å²) in [6.45, 7) is -0.112. The number of nitrogens with zero attached hydrogens (tertiary/aromatic N) is 1. The molecule has 22 heavy (non-hydrogen) atoms. The molecule has 3 rings (SSSR count). The molecule has 0 radical (unpaired) electrons. The van der Waals surface area contributed by atoms with E-state index in [1.54, 1.807) is 0 Å². The molecule has 2 aromatic rings. The Morgan fingerprint density at radius 2 is 1.45 bits per heavy atom. The molecule has 0 spiro atoms.